The number of likely N-dealkylation sites (tertiary alicyclic amines) is 1. The molecule has 0 bridgehead atoms. The molecule has 0 aromatic heterocycles. The standard InChI is InChI=1S/C22H20ClNO5/c1-13-8-10-14(11-9-13)20(27)18-19(15-5-2-3-6-16(15)23)24(22(29)21(18)28)12-4-7-17(25)26/h2-3,5-6,8-11,19,27H,4,7,12H2,1H3,(H,25,26). The van der Waals surface area contributed by atoms with Gasteiger partial charge >= 0.3 is 5.97 Å². The number of aryl methyl sites for hydroxylation is 1. The van der Waals surface area contributed by atoms with Crippen molar-refractivity contribution < 1.29 is 24.6 Å². The van der Waals surface area contributed by atoms with E-state index in [1.54, 1.807) is 48.5 Å². The summed E-state index contributed by atoms with van der Waals surface area (Å²) in [6, 6.07) is 12.8. The van der Waals surface area contributed by atoms with E-state index >= 15 is 0 Å². The second-order valence-electron chi connectivity index (χ2n) is 6.88. The number of aliphatic carboxylic acids is 1. The highest BCUT2D eigenvalue weighted by molar-refractivity contribution is 6.47. The number of amides is 1. The van der Waals surface area contributed by atoms with E-state index in [-0.39, 0.29) is 30.7 Å². The number of carboxylic acid groups (broad SMARTS) is 1. The van der Waals surface area contributed by atoms with E-state index in [0.29, 0.717) is 16.1 Å². The summed E-state index contributed by atoms with van der Waals surface area (Å²) in [6.45, 7) is 1.95. The highest BCUT2D eigenvalue weighted by Gasteiger charge is 2.46. The molecule has 6 nitrogen and oxygen atoms in total. The Hall–Kier alpha value is -3.12. The summed E-state index contributed by atoms with van der Waals surface area (Å²) in [4.78, 5) is 37.7. The summed E-state index contributed by atoms with van der Waals surface area (Å²) in [5.74, 6) is -2.87. The molecule has 1 heterocycles. The van der Waals surface area contributed by atoms with Gasteiger partial charge in [-0.05, 0) is 25.0 Å². The Morgan fingerprint density at radius 1 is 1.07 bits per heavy atom. The second kappa shape index (κ2) is 8.49. The molecule has 7 heteroatoms. The zero-order chi connectivity index (χ0) is 21.1. The maximum atomic E-state index is 12.8. The van der Waals surface area contributed by atoms with Gasteiger partial charge in [0, 0.05) is 23.6 Å². The summed E-state index contributed by atoms with van der Waals surface area (Å²) < 4.78 is 0. The van der Waals surface area contributed by atoms with Crippen LogP contribution in [0.1, 0.15) is 35.6 Å². The largest absolute Gasteiger partial charge is 0.507 e. The van der Waals surface area contributed by atoms with Gasteiger partial charge in [-0.3, -0.25) is 14.4 Å². The van der Waals surface area contributed by atoms with Gasteiger partial charge in [-0.2, -0.15) is 0 Å². The Morgan fingerprint density at radius 3 is 2.34 bits per heavy atom. The van der Waals surface area contributed by atoms with Gasteiger partial charge in [-0.15, -0.1) is 0 Å². The van der Waals surface area contributed by atoms with Crippen molar-refractivity contribution in [2.45, 2.75) is 25.8 Å². The predicted molar refractivity (Wildman–Crippen MR) is 109 cm³/mol. The molecule has 1 amide bonds. The van der Waals surface area contributed by atoms with Gasteiger partial charge in [0.15, 0.2) is 0 Å². The van der Waals surface area contributed by atoms with Crippen LogP contribution in [-0.4, -0.2) is 39.3 Å². The molecule has 1 aliphatic rings. The normalized spacial score (nSPS) is 18.3. The summed E-state index contributed by atoms with van der Waals surface area (Å²) in [5, 5.41) is 20.1. The lowest BCUT2D eigenvalue weighted by Gasteiger charge is -2.25. The zero-order valence-electron chi connectivity index (χ0n) is 15.8. The number of ketones is 1. The molecule has 2 aromatic carbocycles. The number of nitrogens with zero attached hydrogens (tertiary/aromatic N) is 1. The molecule has 3 rings (SSSR count). The third-order valence-electron chi connectivity index (χ3n) is 4.85. The number of hydrogen-bond donors (Lipinski definition) is 2. The third-order valence-corrected chi connectivity index (χ3v) is 5.20. The van der Waals surface area contributed by atoms with Crippen LogP contribution in [0.2, 0.25) is 5.02 Å². The number of aliphatic hydroxyl groups excluding tert-OH is 1. The van der Waals surface area contributed by atoms with E-state index in [1.807, 2.05) is 6.92 Å². The van der Waals surface area contributed by atoms with Crippen LogP contribution in [0, 0.1) is 6.92 Å². The topological polar surface area (TPSA) is 94.9 Å². The second-order valence-corrected chi connectivity index (χ2v) is 7.28. The highest BCUT2D eigenvalue weighted by Crippen LogP contribution is 2.41. The average molecular weight is 414 g/mol. The van der Waals surface area contributed by atoms with E-state index in [2.05, 4.69) is 0 Å². The maximum absolute atomic E-state index is 12.8. The number of carbonyl (C=O) groups is 3. The van der Waals surface area contributed by atoms with E-state index in [4.69, 9.17) is 16.7 Å². The number of hydrogen-bond acceptors (Lipinski definition) is 4. The van der Waals surface area contributed by atoms with Crippen molar-refractivity contribution in [1.29, 1.82) is 0 Å². The highest BCUT2D eigenvalue weighted by atomic mass is 35.5. The minimum absolute atomic E-state index is 0.0530. The van der Waals surface area contributed by atoms with E-state index < -0.39 is 23.7 Å². The van der Waals surface area contributed by atoms with Gasteiger partial charge < -0.3 is 15.1 Å². The zero-order valence-corrected chi connectivity index (χ0v) is 16.5. The Labute approximate surface area is 173 Å². The molecule has 150 valence electrons. The van der Waals surface area contributed by atoms with E-state index in [0.717, 1.165) is 5.56 Å². The molecular formula is C22H20ClNO5. The fourth-order valence-electron chi connectivity index (χ4n) is 3.40. The molecule has 2 aromatic rings. The lowest BCUT2D eigenvalue weighted by atomic mass is 9.95. The first kappa shape index (κ1) is 20.6. The van der Waals surface area contributed by atoms with Gasteiger partial charge in [0.2, 0.25) is 0 Å². The fourth-order valence-corrected chi connectivity index (χ4v) is 3.64. The summed E-state index contributed by atoms with van der Waals surface area (Å²) >= 11 is 6.34. The molecular weight excluding hydrogens is 394 g/mol. The number of rotatable bonds is 6. The van der Waals surface area contributed by atoms with Crippen molar-refractivity contribution in [2.24, 2.45) is 0 Å². The molecule has 0 spiro atoms. The summed E-state index contributed by atoms with van der Waals surface area (Å²) in [6.07, 6.45) is 0.0318. The molecule has 1 saturated heterocycles. The van der Waals surface area contributed by atoms with Crippen LogP contribution < -0.4 is 0 Å². The first-order valence-corrected chi connectivity index (χ1v) is 9.50. The molecule has 1 atom stereocenters. The van der Waals surface area contributed by atoms with Crippen molar-refractivity contribution in [3.05, 3.63) is 75.8 Å². The Bertz CT molecular complexity index is 997. The number of aliphatic hydroxyl groups is 1. The molecule has 1 fully saturated rings. The van der Waals surface area contributed by atoms with Crippen LogP contribution >= 0.6 is 11.6 Å². The first-order valence-electron chi connectivity index (χ1n) is 9.13. The predicted octanol–water partition coefficient (Wildman–Crippen LogP) is 3.93. The van der Waals surface area contributed by atoms with Crippen LogP contribution in [0.4, 0.5) is 0 Å². The van der Waals surface area contributed by atoms with Gasteiger partial charge in [-0.1, -0.05) is 59.6 Å². The molecule has 0 saturated carbocycles. The summed E-state index contributed by atoms with van der Waals surface area (Å²) in [7, 11) is 0. The quantitative estimate of drug-likeness (QED) is 0.425. The molecule has 0 aliphatic carbocycles. The van der Waals surface area contributed by atoms with Crippen molar-refractivity contribution in [1.82, 2.24) is 4.90 Å². The third kappa shape index (κ3) is 4.17. The monoisotopic (exact) mass is 413 g/mol. The van der Waals surface area contributed by atoms with Gasteiger partial charge in [0.25, 0.3) is 11.7 Å². The number of Topliss-reactive ketones (excluding diaryl/α,β-unsaturated/α-hetero) is 1. The van der Waals surface area contributed by atoms with Crippen LogP contribution in [0.5, 0.6) is 0 Å². The first-order chi connectivity index (χ1) is 13.8. The SMILES string of the molecule is Cc1ccc(C(O)=C2C(=O)C(=O)N(CCCC(=O)O)C2c2ccccc2Cl)cc1. The minimum atomic E-state index is -0.990. The van der Waals surface area contributed by atoms with Crippen molar-refractivity contribution in [3.63, 3.8) is 0 Å². The fraction of sp³-hybridized carbons (Fsp3) is 0.227. The molecule has 1 aliphatic heterocycles. The number of halogens is 1. The van der Waals surface area contributed by atoms with Crippen LogP contribution in [0.25, 0.3) is 5.76 Å². The van der Waals surface area contributed by atoms with Gasteiger partial charge in [0.1, 0.15) is 5.76 Å². The van der Waals surface area contributed by atoms with Crippen LogP contribution in [0.3, 0.4) is 0 Å². The lowest BCUT2D eigenvalue weighted by Crippen LogP contribution is -2.31. The van der Waals surface area contributed by atoms with Crippen molar-refractivity contribution in [3.8, 4) is 0 Å². The number of carbonyl (C=O) groups excluding carboxylic acids is 2. The number of carboxylic acids is 1. The van der Waals surface area contributed by atoms with Crippen molar-refractivity contribution >= 4 is 35.0 Å². The molecule has 2 N–H and O–H groups in total. The van der Waals surface area contributed by atoms with E-state index in [1.165, 1.54) is 4.90 Å². The van der Waals surface area contributed by atoms with Gasteiger partial charge in [-0.25, -0.2) is 0 Å². The Morgan fingerprint density at radius 2 is 1.72 bits per heavy atom. The number of benzene rings is 2. The molecule has 29 heavy (non-hydrogen) atoms. The lowest BCUT2D eigenvalue weighted by molar-refractivity contribution is -0.140. The summed E-state index contributed by atoms with van der Waals surface area (Å²) in [5.41, 5.74) is 1.84. The van der Waals surface area contributed by atoms with Crippen LogP contribution in [0.15, 0.2) is 54.1 Å². The average Bonchev–Trinajstić information content (AvgIpc) is 2.93. The van der Waals surface area contributed by atoms with E-state index in [9.17, 15) is 19.5 Å². The smallest absolute Gasteiger partial charge is 0.303 e. The molecule has 0 radical (unpaired) electrons. The molecule has 1 unspecified atom stereocenters. The maximum Gasteiger partial charge on any atom is 0.303 e. The van der Waals surface area contributed by atoms with Gasteiger partial charge in [0.05, 0.1) is 11.6 Å². The Kier molecular flexibility index (Phi) is 6.03. The Balaban J connectivity index is 2.12. The van der Waals surface area contributed by atoms with Crippen molar-refractivity contribution in [2.75, 3.05) is 6.54 Å². The van der Waals surface area contributed by atoms with Crippen LogP contribution in [-0.2, 0) is 14.4 Å². The minimum Gasteiger partial charge on any atom is -0.507 e.